The first kappa shape index (κ1) is 24.1. The fourth-order valence-corrected chi connectivity index (χ4v) is 4.69. The number of thioether (sulfide) groups is 1. The van der Waals surface area contributed by atoms with E-state index in [4.69, 9.17) is 16.6 Å². The van der Waals surface area contributed by atoms with Crippen LogP contribution < -0.4 is 5.32 Å². The van der Waals surface area contributed by atoms with Gasteiger partial charge in [0, 0.05) is 30.3 Å². The molecule has 3 aromatic rings. The Morgan fingerprint density at radius 3 is 2.50 bits per heavy atom. The monoisotopic (exact) mass is 489 g/mol. The van der Waals surface area contributed by atoms with E-state index in [1.165, 1.54) is 12.1 Å². The van der Waals surface area contributed by atoms with Gasteiger partial charge in [0.1, 0.15) is 5.82 Å². The van der Waals surface area contributed by atoms with Gasteiger partial charge in [0.05, 0.1) is 11.4 Å². The molecule has 1 fully saturated rings. The zero-order valence-electron chi connectivity index (χ0n) is 17.3. The summed E-state index contributed by atoms with van der Waals surface area (Å²) in [6.45, 7) is 0. The largest absolute Gasteiger partial charge is 0.350 e. The minimum Gasteiger partial charge on any atom is -0.350 e. The van der Waals surface area contributed by atoms with Crippen molar-refractivity contribution in [2.75, 3.05) is 18.1 Å². The summed E-state index contributed by atoms with van der Waals surface area (Å²) >= 11 is 7.37. The lowest BCUT2D eigenvalue weighted by atomic mass is 10.1. The number of nitrogens with zero attached hydrogens (tertiary/aromatic N) is 2. The second-order valence-electron chi connectivity index (χ2n) is 7.26. The zero-order valence-corrected chi connectivity index (χ0v) is 19.7. The number of carbonyl (C=O) groups excluding carboxylic acids is 1. The number of amidine groups is 1. The first-order valence-electron chi connectivity index (χ1n) is 9.84. The fraction of sp³-hybridized carbons (Fsp3) is 0.167. The van der Waals surface area contributed by atoms with E-state index >= 15 is 0 Å². The van der Waals surface area contributed by atoms with Crippen molar-refractivity contribution in [3.63, 3.8) is 0 Å². The second kappa shape index (κ2) is 10.9. The van der Waals surface area contributed by atoms with Crippen LogP contribution in [-0.2, 0) is 4.79 Å². The molecule has 32 heavy (non-hydrogen) atoms. The molecule has 0 bridgehead atoms. The van der Waals surface area contributed by atoms with Crippen LogP contribution in [0.3, 0.4) is 0 Å². The molecule has 4 nitrogen and oxygen atoms in total. The van der Waals surface area contributed by atoms with Gasteiger partial charge in [-0.15, -0.1) is 12.4 Å². The van der Waals surface area contributed by atoms with Crippen LogP contribution in [0.4, 0.5) is 15.8 Å². The third-order valence-electron chi connectivity index (χ3n) is 5.08. The number of benzene rings is 3. The van der Waals surface area contributed by atoms with Crippen LogP contribution in [0.15, 0.2) is 77.8 Å². The predicted octanol–water partition coefficient (Wildman–Crippen LogP) is 6.63. The van der Waals surface area contributed by atoms with Crippen LogP contribution in [-0.4, -0.2) is 34.8 Å². The van der Waals surface area contributed by atoms with Crippen LogP contribution >= 0.6 is 35.8 Å². The third-order valence-corrected chi connectivity index (χ3v) is 6.50. The summed E-state index contributed by atoms with van der Waals surface area (Å²) in [7, 11) is 1.93. The van der Waals surface area contributed by atoms with E-state index in [9.17, 15) is 9.18 Å². The van der Waals surface area contributed by atoms with E-state index in [-0.39, 0.29) is 36.5 Å². The summed E-state index contributed by atoms with van der Waals surface area (Å²) < 4.78 is 13.9. The molecule has 8 heteroatoms. The molecule has 1 unspecified atom stereocenters. The maximum Gasteiger partial charge on any atom is 0.226 e. The summed E-state index contributed by atoms with van der Waals surface area (Å²) in [5.41, 5.74) is 3.30. The average Bonchev–Trinajstić information content (AvgIpc) is 3.10. The lowest BCUT2D eigenvalue weighted by Gasteiger charge is -2.20. The van der Waals surface area contributed by atoms with Crippen molar-refractivity contribution in [3.8, 4) is 11.1 Å². The number of carbonyl (C=O) groups is 1. The molecule has 166 valence electrons. The van der Waals surface area contributed by atoms with Gasteiger partial charge in [-0.3, -0.25) is 4.79 Å². The number of halogens is 3. The Morgan fingerprint density at radius 2 is 1.81 bits per heavy atom. The van der Waals surface area contributed by atoms with Gasteiger partial charge in [-0.2, -0.15) is 0 Å². The zero-order chi connectivity index (χ0) is 21.8. The van der Waals surface area contributed by atoms with E-state index in [1.54, 1.807) is 17.8 Å². The summed E-state index contributed by atoms with van der Waals surface area (Å²) in [6.07, 6.45) is 0.248. The van der Waals surface area contributed by atoms with E-state index in [0.717, 1.165) is 27.7 Å². The van der Waals surface area contributed by atoms with Crippen molar-refractivity contribution in [2.24, 2.45) is 4.99 Å². The van der Waals surface area contributed by atoms with Gasteiger partial charge in [0.15, 0.2) is 5.17 Å². The maximum absolute atomic E-state index is 13.9. The molecule has 0 saturated carbocycles. The Bertz CT molecular complexity index is 1110. The van der Waals surface area contributed by atoms with Crippen molar-refractivity contribution >= 4 is 58.2 Å². The predicted molar refractivity (Wildman–Crippen MR) is 135 cm³/mol. The van der Waals surface area contributed by atoms with E-state index in [2.05, 4.69) is 29.6 Å². The molecular formula is C24H22Cl2FN3OS. The number of amides is 1. The Kier molecular flexibility index (Phi) is 8.18. The van der Waals surface area contributed by atoms with Crippen LogP contribution in [0, 0.1) is 5.82 Å². The van der Waals surface area contributed by atoms with Gasteiger partial charge < -0.3 is 10.2 Å². The van der Waals surface area contributed by atoms with Gasteiger partial charge in [0.2, 0.25) is 5.91 Å². The van der Waals surface area contributed by atoms with Crippen LogP contribution in [0.2, 0.25) is 5.02 Å². The number of rotatable bonds is 5. The van der Waals surface area contributed by atoms with Gasteiger partial charge in [-0.25, -0.2) is 9.38 Å². The molecule has 0 radical (unpaired) electrons. The standard InChI is InChI=1S/C24H21ClFN3OS.ClH/c1-29-20(14-23(30)28-22-12-9-18(25)13-21(22)26)15-31-24(29)27-19-10-7-17(8-11-19)16-5-3-2-4-6-16;/h2-13,20H,14-15H2,1H3,(H,28,30);1H/b27-24-;. The van der Waals surface area contributed by atoms with E-state index in [0.29, 0.717) is 5.02 Å². The second-order valence-corrected chi connectivity index (χ2v) is 8.68. The summed E-state index contributed by atoms with van der Waals surface area (Å²) in [5, 5.41) is 3.78. The Hall–Kier alpha value is -2.54. The molecule has 1 saturated heterocycles. The van der Waals surface area contributed by atoms with Crippen molar-refractivity contribution in [1.29, 1.82) is 0 Å². The van der Waals surface area contributed by atoms with Gasteiger partial charge in [-0.1, -0.05) is 65.8 Å². The highest BCUT2D eigenvalue weighted by Gasteiger charge is 2.29. The molecule has 4 rings (SSSR count). The SMILES string of the molecule is CN1/C(=N/c2ccc(-c3ccccc3)cc2)SCC1CC(=O)Nc1ccc(Cl)cc1F.Cl. The van der Waals surface area contributed by atoms with Crippen LogP contribution in [0.1, 0.15) is 6.42 Å². The van der Waals surface area contributed by atoms with Gasteiger partial charge in [0.25, 0.3) is 0 Å². The minimum absolute atomic E-state index is 0. The average molecular weight is 490 g/mol. The number of anilines is 1. The number of hydrogen-bond acceptors (Lipinski definition) is 3. The number of aliphatic imine (C=N–C) groups is 1. The number of hydrogen-bond donors (Lipinski definition) is 1. The molecular weight excluding hydrogens is 468 g/mol. The first-order chi connectivity index (χ1) is 15.0. The lowest BCUT2D eigenvalue weighted by molar-refractivity contribution is -0.116. The topological polar surface area (TPSA) is 44.7 Å². The van der Waals surface area contributed by atoms with Gasteiger partial charge >= 0.3 is 0 Å². The van der Waals surface area contributed by atoms with Crippen LogP contribution in [0.5, 0.6) is 0 Å². The summed E-state index contributed by atoms with van der Waals surface area (Å²) in [4.78, 5) is 19.1. The summed E-state index contributed by atoms with van der Waals surface area (Å²) in [5.74, 6) is -0.0446. The molecule has 0 spiro atoms. The Labute approximate surface area is 202 Å². The van der Waals surface area contributed by atoms with Crippen molar-refractivity contribution in [2.45, 2.75) is 12.5 Å². The molecule has 1 atom stereocenters. The normalized spacial score (nSPS) is 16.7. The first-order valence-corrected chi connectivity index (χ1v) is 11.2. The van der Waals surface area contributed by atoms with Crippen molar-refractivity contribution in [1.82, 2.24) is 4.90 Å². The van der Waals surface area contributed by atoms with E-state index in [1.807, 2.05) is 42.3 Å². The molecule has 1 heterocycles. The molecule has 1 amide bonds. The Morgan fingerprint density at radius 1 is 1.12 bits per heavy atom. The highest BCUT2D eigenvalue weighted by molar-refractivity contribution is 8.14. The highest BCUT2D eigenvalue weighted by atomic mass is 35.5. The number of nitrogens with one attached hydrogen (secondary N) is 1. The molecule has 1 aliphatic rings. The minimum atomic E-state index is -0.545. The van der Waals surface area contributed by atoms with Crippen LogP contribution in [0.25, 0.3) is 11.1 Å². The third kappa shape index (κ3) is 5.82. The highest BCUT2D eigenvalue weighted by Crippen LogP contribution is 2.29. The maximum atomic E-state index is 13.9. The van der Waals surface area contributed by atoms with Crippen molar-refractivity contribution < 1.29 is 9.18 Å². The molecule has 0 aliphatic carbocycles. The molecule has 1 aliphatic heterocycles. The fourth-order valence-electron chi connectivity index (χ4n) is 3.32. The molecule has 0 aromatic heterocycles. The summed E-state index contributed by atoms with van der Waals surface area (Å²) in [6, 6.07) is 22.5. The molecule has 3 aromatic carbocycles. The Balaban J connectivity index is 0.00000289. The quantitative estimate of drug-likeness (QED) is 0.437. The molecule has 1 N–H and O–H groups in total. The van der Waals surface area contributed by atoms with Gasteiger partial charge in [-0.05, 0) is 41.5 Å². The lowest BCUT2D eigenvalue weighted by Crippen LogP contribution is -2.33. The smallest absolute Gasteiger partial charge is 0.226 e. The van der Waals surface area contributed by atoms with E-state index < -0.39 is 5.82 Å². The van der Waals surface area contributed by atoms with Crippen molar-refractivity contribution in [3.05, 3.63) is 83.6 Å².